The van der Waals surface area contributed by atoms with E-state index in [1.54, 1.807) is 19.0 Å². The quantitative estimate of drug-likeness (QED) is 0.844. The van der Waals surface area contributed by atoms with Crippen molar-refractivity contribution in [1.29, 1.82) is 0 Å². The predicted molar refractivity (Wildman–Crippen MR) is 67.1 cm³/mol. The number of nitrogens with zero attached hydrogens (tertiary/aromatic N) is 1. The summed E-state index contributed by atoms with van der Waals surface area (Å²) in [6.45, 7) is 0. The minimum absolute atomic E-state index is 0.491. The van der Waals surface area contributed by atoms with E-state index in [1.807, 2.05) is 30.5 Å². The Balaban J connectivity index is 2.31. The third-order valence-electron chi connectivity index (χ3n) is 3.00. The SMILES string of the molecule is CN(C)C(Cc1c[nH]c2ccccc12)C(=O)O. The molecule has 0 radical (unpaired) electrons. The average molecular weight is 232 g/mol. The maximum absolute atomic E-state index is 11.2. The van der Waals surface area contributed by atoms with Gasteiger partial charge in [-0.2, -0.15) is 0 Å². The van der Waals surface area contributed by atoms with Gasteiger partial charge in [-0.1, -0.05) is 18.2 Å². The molecule has 0 aliphatic carbocycles. The molecule has 2 N–H and O–H groups in total. The topological polar surface area (TPSA) is 56.3 Å². The summed E-state index contributed by atoms with van der Waals surface area (Å²) in [4.78, 5) is 16.0. The zero-order valence-electron chi connectivity index (χ0n) is 9.97. The molecule has 0 aliphatic heterocycles. The Morgan fingerprint density at radius 2 is 2.12 bits per heavy atom. The number of carboxylic acid groups (broad SMARTS) is 1. The van der Waals surface area contributed by atoms with Crippen molar-refractivity contribution in [2.75, 3.05) is 14.1 Å². The molecule has 1 heterocycles. The Morgan fingerprint density at radius 1 is 1.41 bits per heavy atom. The van der Waals surface area contributed by atoms with E-state index in [-0.39, 0.29) is 0 Å². The van der Waals surface area contributed by atoms with Crippen LogP contribution in [0.25, 0.3) is 10.9 Å². The number of aliphatic carboxylic acids is 1. The summed E-state index contributed by atoms with van der Waals surface area (Å²) < 4.78 is 0. The number of fused-ring (bicyclic) bond motifs is 1. The molecule has 0 saturated carbocycles. The number of carboxylic acids is 1. The van der Waals surface area contributed by atoms with Crippen LogP contribution in [0.15, 0.2) is 30.5 Å². The van der Waals surface area contributed by atoms with Crippen LogP contribution in [0.2, 0.25) is 0 Å². The number of benzene rings is 1. The predicted octanol–water partition coefficient (Wildman–Crippen LogP) is 1.73. The maximum atomic E-state index is 11.2. The molecule has 0 bridgehead atoms. The van der Waals surface area contributed by atoms with Gasteiger partial charge in [0, 0.05) is 23.5 Å². The van der Waals surface area contributed by atoms with Crippen molar-refractivity contribution < 1.29 is 9.90 Å². The normalized spacial score (nSPS) is 13.1. The molecule has 0 aliphatic rings. The lowest BCUT2D eigenvalue weighted by molar-refractivity contribution is -0.142. The van der Waals surface area contributed by atoms with E-state index in [4.69, 9.17) is 5.11 Å². The van der Waals surface area contributed by atoms with Crippen LogP contribution in [-0.4, -0.2) is 41.1 Å². The van der Waals surface area contributed by atoms with E-state index in [0.29, 0.717) is 6.42 Å². The lowest BCUT2D eigenvalue weighted by Gasteiger charge is -2.19. The number of aromatic amines is 1. The van der Waals surface area contributed by atoms with E-state index >= 15 is 0 Å². The molecule has 0 spiro atoms. The first-order valence-electron chi connectivity index (χ1n) is 5.54. The molecule has 1 aromatic carbocycles. The monoisotopic (exact) mass is 232 g/mol. The van der Waals surface area contributed by atoms with Gasteiger partial charge in [-0.05, 0) is 25.7 Å². The van der Waals surface area contributed by atoms with Gasteiger partial charge in [-0.3, -0.25) is 9.69 Å². The second-order valence-corrected chi connectivity index (χ2v) is 4.38. The number of nitrogens with one attached hydrogen (secondary N) is 1. The van der Waals surface area contributed by atoms with Crippen LogP contribution in [0.1, 0.15) is 5.56 Å². The third-order valence-corrected chi connectivity index (χ3v) is 3.00. The highest BCUT2D eigenvalue weighted by atomic mass is 16.4. The summed E-state index contributed by atoms with van der Waals surface area (Å²) in [5.74, 6) is -0.791. The average Bonchev–Trinajstić information content (AvgIpc) is 2.68. The molecule has 1 unspecified atom stereocenters. The van der Waals surface area contributed by atoms with Crippen molar-refractivity contribution in [3.8, 4) is 0 Å². The van der Waals surface area contributed by atoms with Crippen molar-refractivity contribution in [3.05, 3.63) is 36.0 Å². The molecule has 4 heteroatoms. The number of hydrogen-bond donors (Lipinski definition) is 2. The summed E-state index contributed by atoms with van der Waals surface area (Å²) in [5, 5.41) is 10.3. The number of carbonyl (C=O) groups is 1. The lowest BCUT2D eigenvalue weighted by Crippen LogP contribution is -2.37. The first kappa shape index (κ1) is 11.7. The van der Waals surface area contributed by atoms with Gasteiger partial charge in [-0.15, -0.1) is 0 Å². The smallest absolute Gasteiger partial charge is 0.321 e. The summed E-state index contributed by atoms with van der Waals surface area (Å²) in [6, 6.07) is 7.43. The molecule has 4 nitrogen and oxygen atoms in total. The van der Waals surface area contributed by atoms with Crippen molar-refractivity contribution >= 4 is 16.9 Å². The summed E-state index contributed by atoms with van der Waals surface area (Å²) in [7, 11) is 3.57. The van der Waals surface area contributed by atoms with Crippen molar-refractivity contribution in [2.24, 2.45) is 0 Å². The Hall–Kier alpha value is -1.81. The van der Waals surface area contributed by atoms with Crippen LogP contribution in [-0.2, 0) is 11.2 Å². The van der Waals surface area contributed by atoms with Gasteiger partial charge in [-0.25, -0.2) is 0 Å². The summed E-state index contributed by atoms with van der Waals surface area (Å²) in [5.41, 5.74) is 2.09. The Kier molecular flexibility index (Phi) is 3.15. The standard InChI is InChI=1S/C13H16N2O2/c1-15(2)12(13(16)17)7-9-8-14-11-6-4-3-5-10(9)11/h3-6,8,12,14H,7H2,1-2H3,(H,16,17). The van der Waals surface area contributed by atoms with E-state index in [2.05, 4.69) is 4.98 Å². The summed E-state index contributed by atoms with van der Waals surface area (Å²) >= 11 is 0. The number of aromatic nitrogens is 1. The van der Waals surface area contributed by atoms with Gasteiger partial charge in [0.2, 0.25) is 0 Å². The molecule has 2 aromatic rings. The highest BCUT2D eigenvalue weighted by Crippen LogP contribution is 2.19. The fraction of sp³-hybridized carbons (Fsp3) is 0.308. The number of hydrogen-bond acceptors (Lipinski definition) is 2. The number of likely N-dealkylation sites (N-methyl/N-ethyl adjacent to an activating group) is 1. The second kappa shape index (κ2) is 4.59. The van der Waals surface area contributed by atoms with Gasteiger partial charge < -0.3 is 10.1 Å². The van der Waals surface area contributed by atoms with Crippen LogP contribution in [0, 0.1) is 0 Å². The Labute approximate surface area is 99.9 Å². The van der Waals surface area contributed by atoms with Gasteiger partial charge in [0.05, 0.1) is 0 Å². The first-order valence-corrected chi connectivity index (χ1v) is 5.54. The zero-order chi connectivity index (χ0) is 12.4. The van der Waals surface area contributed by atoms with Crippen LogP contribution in [0.4, 0.5) is 0 Å². The lowest BCUT2D eigenvalue weighted by atomic mass is 10.0. The zero-order valence-corrected chi connectivity index (χ0v) is 9.97. The van der Waals surface area contributed by atoms with Gasteiger partial charge in [0.1, 0.15) is 6.04 Å². The molecule has 0 amide bonds. The minimum atomic E-state index is -0.791. The van der Waals surface area contributed by atoms with Crippen LogP contribution < -0.4 is 0 Å². The number of H-pyrrole nitrogens is 1. The largest absolute Gasteiger partial charge is 0.480 e. The molecule has 2 rings (SSSR count). The van der Waals surface area contributed by atoms with E-state index in [0.717, 1.165) is 16.5 Å². The number of rotatable bonds is 4. The second-order valence-electron chi connectivity index (χ2n) is 4.38. The molecular weight excluding hydrogens is 216 g/mol. The Bertz CT molecular complexity index is 531. The van der Waals surface area contributed by atoms with E-state index < -0.39 is 12.0 Å². The highest BCUT2D eigenvalue weighted by molar-refractivity contribution is 5.84. The van der Waals surface area contributed by atoms with Crippen LogP contribution in [0.3, 0.4) is 0 Å². The molecular formula is C13H16N2O2. The third kappa shape index (κ3) is 2.31. The van der Waals surface area contributed by atoms with Crippen LogP contribution in [0.5, 0.6) is 0 Å². The molecule has 0 saturated heterocycles. The fourth-order valence-corrected chi connectivity index (χ4v) is 2.00. The molecule has 0 fully saturated rings. The van der Waals surface area contributed by atoms with Crippen molar-refractivity contribution in [2.45, 2.75) is 12.5 Å². The van der Waals surface area contributed by atoms with Gasteiger partial charge >= 0.3 is 5.97 Å². The molecule has 90 valence electrons. The minimum Gasteiger partial charge on any atom is -0.480 e. The van der Waals surface area contributed by atoms with Crippen molar-refractivity contribution in [1.82, 2.24) is 9.88 Å². The van der Waals surface area contributed by atoms with Crippen LogP contribution >= 0.6 is 0 Å². The number of para-hydroxylation sites is 1. The van der Waals surface area contributed by atoms with E-state index in [9.17, 15) is 4.79 Å². The maximum Gasteiger partial charge on any atom is 0.321 e. The highest BCUT2D eigenvalue weighted by Gasteiger charge is 2.21. The van der Waals surface area contributed by atoms with Crippen molar-refractivity contribution in [3.63, 3.8) is 0 Å². The first-order chi connectivity index (χ1) is 8.09. The molecule has 1 aromatic heterocycles. The molecule has 17 heavy (non-hydrogen) atoms. The van der Waals surface area contributed by atoms with Gasteiger partial charge in [0.15, 0.2) is 0 Å². The fourth-order valence-electron chi connectivity index (χ4n) is 2.00. The Morgan fingerprint density at radius 3 is 2.76 bits per heavy atom. The molecule has 1 atom stereocenters. The summed E-state index contributed by atoms with van der Waals surface area (Å²) in [6.07, 6.45) is 2.40. The van der Waals surface area contributed by atoms with Gasteiger partial charge in [0.25, 0.3) is 0 Å². The van der Waals surface area contributed by atoms with E-state index in [1.165, 1.54) is 0 Å².